The zero-order chi connectivity index (χ0) is 3.70. The van der Waals surface area contributed by atoms with E-state index in [0.29, 0.717) is 6.04 Å². The van der Waals surface area contributed by atoms with Crippen LogP contribution < -0.4 is 5.32 Å². The Morgan fingerprint density at radius 3 is 2.60 bits per heavy atom. The molecular weight excluding hydrogens is 85.5 g/mol. The number of nitrogens with one attached hydrogen (secondary N) is 1. The summed E-state index contributed by atoms with van der Waals surface area (Å²) in [6.45, 7) is 1.13. The molecular formula is C3H6ClN. The van der Waals surface area contributed by atoms with Gasteiger partial charge < -0.3 is 5.32 Å². The lowest BCUT2D eigenvalue weighted by atomic mass is 10.6. The van der Waals surface area contributed by atoms with Gasteiger partial charge in [0.15, 0.2) is 0 Å². The molecule has 1 aliphatic rings. The molecule has 1 heterocycles. The van der Waals surface area contributed by atoms with E-state index in [0.717, 1.165) is 12.4 Å². The molecule has 0 radical (unpaired) electrons. The summed E-state index contributed by atoms with van der Waals surface area (Å²) in [6.07, 6.45) is 0. The summed E-state index contributed by atoms with van der Waals surface area (Å²) in [4.78, 5) is 0. The van der Waals surface area contributed by atoms with Crippen LogP contribution in [0, 0.1) is 0 Å². The van der Waals surface area contributed by atoms with Crippen molar-refractivity contribution in [1.29, 1.82) is 0 Å². The van der Waals surface area contributed by atoms with Gasteiger partial charge in [-0.3, -0.25) is 0 Å². The maximum atomic E-state index is 5.34. The molecule has 0 aromatic rings. The third-order valence-electron chi connectivity index (χ3n) is 0.679. The van der Waals surface area contributed by atoms with Gasteiger partial charge in [0.1, 0.15) is 0 Å². The monoisotopic (exact) mass is 91.0 g/mol. The maximum Gasteiger partial charge on any atom is 0.0389 e. The van der Waals surface area contributed by atoms with E-state index in [2.05, 4.69) is 5.32 Å². The minimum Gasteiger partial charge on any atom is -0.310 e. The van der Waals surface area contributed by atoms with Gasteiger partial charge in [-0.2, -0.15) is 0 Å². The standard InChI is InChI=1S/C3H6ClN/c4-1-3-2-5-3/h3,5H,1-2H2. The molecule has 0 aliphatic carbocycles. The van der Waals surface area contributed by atoms with Crippen LogP contribution >= 0.6 is 11.6 Å². The highest BCUT2D eigenvalue weighted by molar-refractivity contribution is 6.18. The van der Waals surface area contributed by atoms with Gasteiger partial charge in [0.05, 0.1) is 0 Å². The predicted molar refractivity (Wildman–Crippen MR) is 22.5 cm³/mol. The van der Waals surface area contributed by atoms with E-state index < -0.39 is 0 Å². The molecule has 0 aromatic carbocycles. The van der Waals surface area contributed by atoms with Crippen LogP contribution in [0.5, 0.6) is 0 Å². The third kappa shape index (κ3) is 0.781. The molecule has 0 bridgehead atoms. The van der Waals surface area contributed by atoms with Crippen molar-refractivity contribution < 1.29 is 0 Å². The molecule has 5 heavy (non-hydrogen) atoms. The molecule has 0 amide bonds. The Morgan fingerprint density at radius 2 is 2.60 bits per heavy atom. The van der Waals surface area contributed by atoms with Crippen molar-refractivity contribution in [3.8, 4) is 0 Å². The molecule has 0 spiro atoms. The number of halogens is 1. The minimum atomic E-state index is 0.650. The van der Waals surface area contributed by atoms with Crippen molar-refractivity contribution in [2.75, 3.05) is 12.4 Å². The molecule has 30 valence electrons. The molecule has 0 aromatic heterocycles. The largest absolute Gasteiger partial charge is 0.310 e. The topological polar surface area (TPSA) is 21.9 Å². The predicted octanol–water partition coefficient (Wildman–Crippen LogP) is 0.197. The quantitative estimate of drug-likeness (QED) is 0.361. The lowest BCUT2D eigenvalue weighted by Crippen LogP contribution is -1.87. The Hall–Kier alpha value is 0.250. The van der Waals surface area contributed by atoms with E-state index in [1.165, 1.54) is 0 Å². The summed E-state index contributed by atoms with van der Waals surface area (Å²) in [5.74, 6) is 0.778. The summed E-state index contributed by atoms with van der Waals surface area (Å²) >= 11 is 5.34. The Kier molecular flexibility index (Phi) is 0.791. The van der Waals surface area contributed by atoms with E-state index in [4.69, 9.17) is 11.6 Å². The molecule has 1 aliphatic heterocycles. The normalized spacial score (nSPS) is 34.2. The van der Waals surface area contributed by atoms with Crippen LogP contribution in [0.1, 0.15) is 0 Å². The maximum absolute atomic E-state index is 5.34. The van der Waals surface area contributed by atoms with Crippen LogP contribution in [-0.4, -0.2) is 18.5 Å². The highest BCUT2D eigenvalue weighted by Gasteiger charge is 2.16. The van der Waals surface area contributed by atoms with Crippen LogP contribution in [0.25, 0.3) is 0 Å². The van der Waals surface area contributed by atoms with E-state index >= 15 is 0 Å². The van der Waals surface area contributed by atoms with Crippen molar-refractivity contribution in [2.45, 2.75) is 6.04 Å². The number of hydrogen-bond donors (Lipinski definition) is 1. The van der Waals surface area contributed by atoms with E-state index in [1.54, 1.807) is 0 Å². The van der Waals surface area contributed by atoms with Crippen molar-refractivity contribution >= 4 is 11.6 Å². The molecule has 1 N–H and O–H groups in total. The first kappa shape index (κ1) is 3.44. The van der Waals surface area contributed by atoms with Crippen LogP contribution in [0.4, 0.5) is 0 Å². The summed E-state index contributed by atoms with van der Waals surface area (Å²) in [7, 11) is 0. The van der Waals surface area contributed by atoms with Crippen LogP contribution in [-0.2, 0) is 0 Å². The first-order valence-corrected chi connectivity index (χ1v) is 2.26. The van der Waals surface area contributed by atoms with E-state index in [1.807, 2.05) is 0 Å². The van der Waals surface area contributed by atoms with Gasteiger partial charge in [0.25, 0.3) is 0 Å². The zero-order valence-corrected chi connectivity index (χ0v) is 3.63. The Bertz CT molecular complexity index is 33.9. The van der Waals surface area contributed by atoms with Gasteiger partial charge in [-0.05, 0) is 0 Å². The Labute approximate surface area is 36.3 Å². The van der Waals surface area contributed by atoms with Crippen molar-refractivity contribution in [3.05, 3.63) is 0 Å². The lowest BCUT2D eigenvalue weighted by Gasteiger charge is -1.69. The van der Waals surface area contributed by atoms with Crippen molar-refractivity contribution in [2.24, 2.45) is 0 Å². The second-order valence-electron chi connectivity index (χ2n) is 1.26. The molecule has 1 rings (SSSR count). The zero-order valence-electron chi connectivity index (χ0n) is 2.87. The highest BCUT2D eigenvalue weighted by Crippen LogP contribution is 1.96. The minimum absolute atomic E-state index is 0.650. The fraction of sp³-hybridized carbons (Fsp3) is 1.00. The first-order valence-electron chi connectivity index (χ1n) is 1.73. The number of rotatable bonds is 1. The molecule has 1 fully saturated rings. The highest BCUT2D eigenvalue weighted by atomic mass is 35.5. The SMILES string of the molecule is ClCC1CN1. The first-order chi connectivity index (χ1) is 2.43. The van der Waals surface area contributed by atoms with Crippen LogP contribution in [0.15, 0.2) is 0 Å². The Morgan fingerprint density at radius 1 is 2.00 bits per heavy atom. The van der Waals surface area contributed by atoms with Gasteiger partial charge in [-0.25, -0.2) is 0 Å². The molecule has 0 saturated carbocycles. The smallest absolute Gasteiger partial charge is 0.0389 e. The summed E-state index contributed by atoms with van der Waals surface area (Å²) in [5, 5.41) is 3.05. The van der Waals surface area contributed by atoms with E-state index in [9.17, 15) is 0 Å². The van der Waals surface area contributed by atoms with Crippen LogP contribution in [0.3, 0.4) is 0 Å². The fourth-order valence-corrected chi connectivity index (χ4v) is 0.411. The van der Waals surface area contributed by atoms with Gasteiger partial charge in [-0.1, -0.05) is 0 Å². The van der Waals surface area contributed by atoms with Gasteiger partial charge in [0.2, 0.25) is 0 Å². The second-order valence-corrected chi connectivity index (χ2v) is 1.57. The molecule has 1 atom stereocenters. The molecule has 1 saturated heterocycles. The summed E-state index contributed by atoms with van der Waals surface area (Å²) in [6, 6.07) is 0.650. The van der Waals surface area contributed by atoms with Gasteiger partial charge in [0, 0.05) is 18.5 Å². The third-order valence-corrected chi connectivity index (χ3v) is 1.05. The van der Waals surface area contributed by atoms with Crippen molar-refractivity contribution in [3.63, 3.8) is 0 Å². The number of alkyl halides is 1. The average Bonchev–Trinajstić information content (AvgIpc) is 2.12. The van der Waals surface area contributed by atoms with Gasteiger partial charge in [-0.15, -0.1) is 11.6 Å². The number of hydrogen-bond acceptors (Lipinski definition) is 1. The van der Waals surface area contributed by atoms with E-state index in [-0.39, 0.29) is 0 Å². The molecule has 2 heteroatoms. The summed E-state index contributed by atoms with van der Waals surface area (Å²) < 4.78 is 0. The average molecular weight is 91.5 g/mol. The van der Waals surface area contributed by atoms with Crippen LogP contribution in [0.2, 0.25) is 0 Å². The Balaban J connectivity index is 2.00. The molecule has 1 unspecified atom stereocenters. The van der Waals surface area contributed by atoms with Gasteiger partial charge >= 0.3 is 0 Å². The lowest BCUT2D eigenvalue weighted by molar-refractivity contribution is 1.10. The fourth-order valence-electron chi connectivity index (χ4n) is 0.192. The molecule has 1 nitrogen and oxygen atoms in total. The second kappa shape index (κ2) is 1.15. The summed E-state index contributed by atoms with van der Waals surface area (Å²) in [5.41, 5.74) is 0. The van der Waals surface area contributed by atoms with Crippen molar-refractivity contribution in [1.82, 2.24) is 5.32 Å².